The van der Waals surface area contributed by atoms with E-state index in [9.17, 15) is 4.79 Å². The lowest BCUT2D eigenvalue weighted by molar-refractivity contribution is 0.101. The van der Waals surface area contributed by atoms with Gasteiger partial charge in [-0.05, 0) is 56.1 Å². The smallest absolute Gasteiger partial charge is 0.272 e. The average Bonchev–Trinajstić information content (AvgIpc) is 2.63. The van der Waals surface area contributed by atoms with Gasteiger partial charge in [-0.3, -0.25) is 4.79 Å². The van der Waals surface area contributed by atoms with Gasteiger partial charge in [-0.2, -0.15) is 0 Å². The van der Waals surface area contributed by atoms with Crippen LogP contribution in [-0.2, 0) is 7.05 Å². The maximum absolute atomic E-state index is 12.1. The molecule has 0 spiro atoms. The summed E-state index contributed by atoms with van der Waals surface area (Å²) in [5, 5.41) is 2.86. The van der Waals surface area contributed by atoms with E-state index < -0.39 is 0 Å². The lowest BCUT2D eigenvalue weighted by atomic mass is 10.3. The van der Waals surface area contributed by atoms with Gasteiger partial charge < -0.3 is 9.88 Å². The highest BCUT2D eigenvalue weighted by Crippen LogP contribution is 2.27. The second-order valence-electron chi connectivity index (χ2n) is 3.73. The minimum atomic E-state index is -0.151. The fourth-order valence-corrected chi connectivity index (χ4v) is 2.76. The molecule has 0 radical (unpaired) electrons. The fraction of sp³-hybridized carbons (Fsp3) is 0.0833. The highest BCUT2D eigenvalue weighted by Gasteiger charge is 2.12. The molecule has 94 valence electrons. The summed E-state index contributed by atoms with van der Waals surface area (Å²) >= 11 is 10.1. The number of hydrogen-bond donors (Lipinski definition) is 1. The summed E-state index contributed by atoms with van der Waals surface area (Å²) in [6.45, 7) is 0. The quantitative estimate of drug-likeness (QED) is 0.735. The molecule has 0 aliphatic rings. The Morgan fingerprint density at radius 3 is 2.50 bits per heavy atom. The van der Waals surface area contributed by atoms with Gasteiger partial charge in [0.05, 0.1) is 5.69 Å². The van der Waals surface area contributed by atoms with Crippen LogP contribution in [-0.4, -0.2) is 10.5 Å². The second-order valence-corrected chi connectivity index (χ2v) is 6.42. The normalized spacial score (nSPS) is 10.4. The number of carbonyl (C=O) groups is 1. The van der Waals surface area contributed by atoms with Gasteiger partial charge in [-0.25, -0.2) is 0 Å². The zero-order valence-corrected chi connectivity index (χ0v) is 14.1. The Labute approximate surface area is 130 Å². The number of aryl methyl sites for hydroxylation is 1. The van der Waals surface area contributed by atoms with Crippen molar-refractivity contribution in [2.75, 3.05) is 5.32 Å². The van der Waals surface area contributed by atoms with Crippen molar-refractivity contribution in [3.05, 3.63) is 49.6 Å². The van der Waals surface area contributed by atoms with E-state index in [1.807, 2.05) is 31.4 Å². The Hall–Kier alpha value is -0.590. The van der Waals surface area contributed by atoms with Gasteiger partial charge in [0.15, 0.2) is 0 Å². The molecule has 0 saturated carbocycles. The largest absolute Gasteiger partial charge is 0.345 e. The van der Waals surface area contributed by atoms with Gasteiger partial charge in [0.2, 0.25) is 0 Å². The van der Waals surface area contributed by atoms with Crippen LogP contribution in [0.5, 0.6) is 0 Å². The third-order valence-corrected chi connectivity index (χ3v) is 4.00. The lowest BCUT2D eigenvalue weighted by Gasteiger charge is -2.08. The summed E-state index contributed by atoms with van der Waals surface area (Å²) in [5.74, 6) is -0.151. The third kappa shape index (κ3) is 3.05. The summed E-state index contributed by atoms with van der Waals surface area (Å²) in [6.07, 6.45) is 1.84. The molecule has 0 fully saturated rings. The van der Waals surface area contributed by atoms with E-state index in [0.29, 0.717) is 5.69 Å². The Morgan fingerprint density at radius 2 is 1.89 bits per heavy atom. The van der Waals surface area contributed by atoms with Gasteiger partial charge in [-0.15, -0.1) is 0 Å². The van der Waals surface area contributed by atoms with Crippen molar-refractivity contribution in [3.8, 4) is 0 Å². The Bertz CT molecular complexity index is 607. The fourth-order valence-electron chi connectivity index (χ4n) is 1.53. The third-order valence-electron chi connectivity index (χ3n) is 2.38. The highest BCUT2D eigenvalue weighted by atomic mass is 79.9. The van der Waals surface area contributed by atoms with Crippen LogP contribution in [0.4, 0.5) is 5.69 Å². The zero-order chi connectivity index (χ0) is 13.3. The van der Waals surface area contributed by atoms with Crippen molar-refractivity contribution in [2.24, 2.45) is 7.05 Å². The molecule has 6 heteroatoms. The number of benzene rings is 1. The molecule has 0 unspecified atom stereocenters. The van der Waals surface area contributed by atoms with Crippen LogP contribution in [0.15, 0.2) is 43.9 Å². The molecule has 0 aliphatic heterocycles. The molecular formula is C12H9Br3N2O. The molecule has 2 aromatic rings. The first-order valence-corrected chi connectivity index (χ1v) is 7.43. The predicted octanol–water partition coefficient (Wildman–Crippen LogP) is 4.56. The van der Waals surface area contributed by atoms with E-state index in [-0.39, 0.29) is 5.91 Å². The van der Waals surface area contributed by atoms with E-state index >= 15 is 0 Å². The van der Waals surface area contributed by atoms with Gasteiger partial charge in [0.25, 0.3) is 5.91 Å². The Morgan fingerprint density at radius 1 is 1.17 bits per heavy atom. The number of amides is 1. The van der Waals surface area contributed by atoms with E-state index in [2.05, 4.69) is 53.1 Å². The number of hydrogen-bond acceptors (Lipinski definition) is 1. The first-order valence-electron chi connectivity index (χ1n) is 5.05. The number of aromatic nitrogens is 1. The van der Waals surface area contributed by atoms with Crippen LogP contribution in [0.2, 0.25) is 0 Å². The van der Waals surface area contributed by atoms with Crippen molar-refractivity contribution in [2.45, 2.75) is 0 Å². The SMILES string of the molecule is Cn1cc(Br)cc1C(=O)Nc1cc(Br)ccc1Br. The second kappa shape index (κ2) is 5.59. The van der Waals surface area contributed by atoms with Crippen LogP contribution < -0.4 is 5.32 Å². The molecule has 0 aliphatic carbocycles. The zero-order valence-electron chi connectivity index (χ0n) is 9.38. The van der Waals surface area contributed by atoms with Crippen LogP contribution in [0.3, 0.4) is 0 Å². The number of anilines is 1. The van der Waals surface area contributed by atoms with Crippen molar-refractivity contribution >= 4 is 59.4 Å². The molecule has 2 rings (SSSR count). The summed E-state index contributed by atoms with van der Waals surface area (Å²) in [6, 6.07) is 7.40. The van der Waals surface area contributed by atoms with Crippen LogP contribution in [0.1, 0.15) is 10.5 Å². The Kier molecular flexibility index (Phi) is 4.29. The molecule has 1 heterocycles. The van der Waals surface area contributed by atoms with Gasteiger partial charge in [-0.1, -0.05) is 15.9 Å². The summed E-state index contributed by atoms with van der Waals surface area (Å²) in [7, 11) is 1.83. The minimum Gasteiger partial charge on any atom is -0.345 e. The van der Waals surface area contributed by atoms with E-state index in [1.54, 1.807) is 10.6 Å². The Balaban J connectivity index is 2.26. The number of nitrogens with zero attached hydrogens (tertiary/aromatic N) is 1. The molecule has 1 amide bonds. The average molecular weight is 437 g/mol. The maximum atomic E-state index is 12.1. The van der Waals surface area contributed by atoms with Crippen molar-refractivity contribution in [1.82, 2.24) is 4.57 Å². The van der Waals surface area contributed by atoms with Gasteiger partial charge >= 0.3 is 0 Å². The van der Waals surface area contributed by atoms with Crippen molar-refractivity contribution in [3.63, 3.8) is 0 Å². The number of carbonyl (C=O) groups excluding carboxylic acids is 1. The van der Waals surface area contributed by atoms with Crippen molar-refractivity contribution in [1.29, 1.82) is 0 Å². The predicted molar refractivity (Wildman–Crippen MR) is 82.9 cm³/mol. The van der Waals surface area contributed by atoms with E-state index in [1.165, 1.54) is 0 Å². The van der Waals surface area contributed by atoms with Gasteiger partial charge in [0, 0.05) is 26.7 Å². The summed E-state index contributed by atoms with van der Waals surface area (Å²) < 4.78 is 4.40. The molecule has 1 N–H and O–H groups in total. The van der Waals surface area contributed by atoms with Crippen molar-refractivity contribution < 1.29 is 4.79 Å². The van der Waals surface area contributed by atoms with E-state index in [0.717, 1.165) is 19.1 Å². The molecule has 0 bridgehead atoms. The summed E-state index contributed by atoms with van der Waals surface area (Å²) in [5.41, 5.74) is 1.32. The standard InChI is InChI=1S/C12H9Br3N2O/c1-17-6-8(14)5-11(17)12(18)16-10-4-7(13)2-3-9(10)15/h2-6H,1H3,(H,16,18). The lowest BCUT2D eigenvalue weighted by Crippen LogP contribution is -2.15. The number of rotatable bonds is 2. The van der Waals surface area contributed by atoms with Crippen LogP contribution in [0.25, 0.3) is 0 Å². The van der Waals surface area contributed by atoms with Gasteiger partial charge in [0.1, 0.15) is 5.69 Å². The first kappa shape index (κ1) is 13.8. The highest BCUT2D eigenvalue weighted by molar-refractivity contribution is 9.11. The van der Waals surface area contributed by atoms with Crippen LogP contribution in [0, 0.1) is 0 Å². The molecule has 3 nitrogen and oxygen atoms in total. The summed E-state index contributed by atoms with van der Waals surface area (Å²) in [4.78, 5) is 12.1. The molecule has 18 heavy (non-hydrogen) atoms. The monoisotopic (exact) mass is 434 g/mol. The molecule has 0 atom stereocenters. The molecule has 1 aromatic heterocycles. The topological polar surface area (TPSA) is 34.0 Å². The first-order chi connectivity index (χ1) is 8.47. The molecular weight excluding hydrogens is 428 g/mol. The number of nitrogens with one attached hydrogen (secondary N) is 1. The maximum Gasteiger partial charge on any atom is 0.272 e. The minimum absolute atomic E-state index is 0.151. The molecule has 1 aromatic carbocycles. The molecule has 0 saturated heterocycles. The van der Waals surface area contributed by atoms with E-state index in [4.69, 9.17) is 0 Å². The van der Waals surface area contributed by atoms with Crippen LogP contribution >= 0.6 is 47.8 Å². The number of halogens is 3.